The minimum absolute atomic E-state index is 0.453. The van der Waals surface area contributed by atoms with E-state index < -0.39 is 17.2 Å². The topological polar surface area (TPSA) is 40.2 Å². The predicted molar refractivity (Wildman–Crippen MR) is 77.6 cm³/mol. The summed E-state index contributed by atoms with van der Waals surface area (Å²) in [6.45, 7) is 4.25. The Morgan fingerprint density at radius 1 is 1.22 bits per heavy atom. The maximum Gasteiger partial charge on any atom is 0.463 e. The summed E-state index contributed by atoms with van der Waals surface area (Å²) in [7, 11) is 3.66. The van der Waals surface area contributed by atoms with Gasteiger partial charge in [0.1, 0.15) is 0 Å². The zero-order valence-electron chi connectivity index (χ0n) is 11.9. The van der Waals surface area contributed by atoms with E-state index in [-0.39, 0.29) is 0 Å². The van der Waals surface area contributed by atoms with Gasteiger partial charge in [0, 0.05) is 46.3 Å². The summed E-state index contributed by atoms with van der Waals surface area (Å²) < 4.78 is 24.4. The van der Waals surface area contributed by atoms with Crippen molar-refractivity contribution in [1.82, 2.24) is 4.57 Å². The molecular weight excluding hydrogens is 286 g/mol. The van der Waals surface area contributed by atoms with Crippen molar-refractivity contribution < 1.29 is 17.7 Å². The van der Waals surface area contributed by atoms with Gasteiger partial charge in [0.25, 0.3) is 0 Å². The van der Waals surface area contributed by atoms with Crippen molar-refractivity contribution in [3.05, 3.63) is 0 Å². The highest BCUT2D eigenvalue weighted by molar-refractivity contribution is 8.24. The molecule has 0 N–H and O–H groups in total. The van der Waals surface area contributed by atoms with E-state index in [2.05, 4.69) is 11.5 Å². The van der Waals surface area contributed by atoms with Gasteiger partial charge in [-0.1, -0.05) is 6.92 Å². The summed E-state index contributed by atoms with van der Waals surface area (Å²) in [6.07, 6.45) is 1.16. The van der Waals surface area contributed by atoms with Crippen molar-refractivity contribution in [3.63, 3.8) is 0 Å². The van der Waals surface area contributed by atoms with E-state index in [9.17, 15) is 0 Å². The lowest BCUT2D eigenvalue weighted by Crippen LogP contribution is -2.54. The first-order valence-corrected chi connectivity index (χ1v) is 11.0. The van der Waals surface area contributed by atoms with Crippen molar-refractivity contribution in [2.75, 3.05) is 41.5 Å². The first-order valence-electron chi connectivity index (χ1n) is 6.08. The summed E-state index contributed by atoms with van der Waals surface area (Å²) in [6, 6.07) is 1.06. The Labute approximate surface area is 117 Å². The van der Waals surface area contributed by atoms with E-state index in [1.54, 1.807) is 39.7 Å². The highest BCUT2D eigenvalue weighted by atomic mass is 32.4. The van der Waals surface area contributed by atoms with Crippen molar-refractivity contribution in [2.24, 2.45) is 0 Å². The van der Waals surface area contributed by atoms with Gasteiger partial charge in [-0.2, -0.15) is 0 Å². The molecule has 0 spiro atoms. The molecule has 1 radical (unpaired) electrons. The third kappa shape index (κ3) is 4.04. The van der Waals surface area contributed by atoms with E-state index in [0.29, 0.717) is 5.25 Å². The molecule has 0 saturated carbocycles. The lowest BCUT2D eigenvalue weighted by atomic mass is 10.4. The van der Waals surface area contributed by atoms with Crippen LogP contribution in [-0.2, 0) is 17.7 Å². The number of rotatable bonds is 8. The predicted octanol–water partition coefficient (Wildman–Crippen LogP) is 1.32. The number of hydrogen-bond acceptors (Lipinski definition) is 6. The van der Waals surface area contributed by atoms with Crippen LogP contribution in [0, 0.1) is 0 Å². The fourth-order valence-corrected chi connectivity index (χ4v) is 8.21. The molecule has 0 aromatic heterocycles. The molecule has 1 rings (SSSR count). The molecule has 1 atom stereocenters. The second kappa shape index (κ2) is 8.00. The maximum atomic E-state index is 5.70. The lowest BCUT2D eigenvalue weighted by molar-refractivity contribution is 0.183. The van der Waals surface area contributed by atoms with Gasteiger partial charge in [0.05, 0.1) is 0 Å². The Bertz CT molecular complexity index is 242. The van der Waals surface area contributed by atoms with Gasteiger partial charge in [0.2, 0.25) is 0 Å². The molecule has 0 bridgehead atoms. The van der Waals surface area contributed by atoms with E-state index in [1.165, 1.54) is 0 Å². The van der Waals surface area contributed by atoms with Gasteiger partial charge < -0.3 is 17.7 Å². The Morgan fingerprint density at radius 2 is 1.83 bits per heavy atom. The second-order valence-electron chi connectivity index (χ2n) is 4.26. The monoisotopic (exact) mass is 310 g/mol. The maximum absolute atomic E-state index is 5.70. The molecule has 8 heteroatoms. The molecule has 0 aromatic carbocycles. The molecule has 1 fully saturated rings. The molecule has 1 saturated heterocycles. The van der Waals surface area contributed by atoms with Crippen LogP contribution in [-0.4, -0.2) is 68.5 Å². The largest absolute Gasteiger partial charge is 0.463 e. The molecule has 18 heavy (non-hydrogen) atoms. The summed E-state index contributed by atoms with van der Waals surface area (Å²) in [5.41, 5.74) is 0. The third-order valence-corrected chi connectivity index (χ3v) is 11.0. The minimum Gasteiger partial charge on any atom is -0.389 e. The molecule has 0 aliphatic carbocycles. The van der Waals surface area contributed by atoms with Gasteiger partial charge in [-0.05, 0) is 13.0 Å². The molecule has 1 aliphatic rings. The Balaban J connectivity index is 2.50. The van der Waals surface area contributed by atoms with Gasteiger partial charge in [-0.3, -0.25) is 4.57 Å². The first-order chi connectivity index (χ1) is 8.61. The number of hydrogen-bond donors (Lipinski definition) is 0. The van der Waals surface area contributed by atoms with Crippen molar-refractivity contribution in [1.29, 1.82) is 0 Å². The Morgan fingerprint density at radius 3 is 2.33 bits per heavy atom. The quantitative estimate of drug-likeness (QED) is 0.630. The normalized spacial score (nSPS) is 21.7. The zero-order chi connectivity index (χ0) is 13.6. The highest BCUT2D eigenvalue weighted by Gasteiger charge is 2.47. The highest BCUT2D eigenvalue weighted by Crippen LogP contribution is 2.29. The summed E-state index contributed by atoms with van der Waals surface area (Å²) in [5, 5.41) is 0.453. The number of nitrogens with zero attached hydrogens (tertiary/aromatic N) is 1. The average Bonchev–Trinajstić information content (AvgIpc) is 2.79. The van der Waals surface area contributed by atoms with E-state index >= 15 is 0 Å². The van der Waals surface area contributed by atoms with Crippen LogP contribution in [0.15, 0.2) is 0 Å². The van der Waals surface area contributed by atoms with E-state index in [1.807, 2.05) is 0 Å². The van der Waals surface area contributed by atoms with Gasteiger partial charge >= 0.3 is 17.2 Å². The minimum atomic E-state index is -2.09. The molecular formula is C10H24NO4SSi2. The summed E-state index contributed by atoms with van der Waals surface area (Å²) >= 11 is 1.78. The van der Waals surface area contributed by atoms with Gasteiger partial charge in [0.15, 0.2) is 0 Å². The molecule has 0 aromatic rings. The van der Waals surface area contributed by atoms with Crippen LogP contribution in [0.4, 0.5) is 0 Å². The van der Waals surface area contributed by atoms with Crippen LogP contribution in [0.3, 0.4) is 0 Å². The standard InChI is InChI=1S/C10H24NO4SSi2/c1-10(16-17(12-2)13-3)9-11-7-6-8-18(11,14-4)15-5/h10H,6-9H2,1-5H3. The van der Waals surface area contributed by atoms with Crippen LogP contribution < -0.4 is 0 Å². The summed E-state index contributed by atoms with van der Waals surface area (Å²) in [5.74, 6) is 0. The van der Waals surface area contributed by atoms with Crippen molar-refractivity contribution in [3.8, 4) is 0 Å². The van der Waals surface area contributed by atoms with Crippen LogP contribution >= 0.6 is 11.2 Å². The summed E-state index contributed by atoms with van der Waals surface area (Å²) in [4.78, 5) is 0. The third-order valence-electron chi connectivity index (χ3n) is 3.15. The fraction of sp³-hybridized carbons (Fsp3) is 1.00. The SMILES string of the molecule is CO[Si](OC)SC(C)CN1CCC[Si]1(OC)OC. The Kier molecular flexibility index (Phi) is 7.40. The zero-order valence-corrected chi connectivity index (χ0v) is 14.7. The van der Waals surface area contributed by atoms with E-state index in [4.69, 9.17) is 17.7 Å². The van der Waals surface area contributed by atoms with Crippen molar-refractivity contribution in [2.45, 2.75) is 24.6 Å². The smallest absolute Gasteiger partial charge is 0.389 e. The molecule has 5 nitrogen and oxygen atoms in total. The molecule has 107 valence electrons. The van der Waals surface area contributed by atoms with Crippen molar-refractivity contribution >= 4 is 28.4 Å². The molecule has 1 aliphatic heterocycles. The van der Waals surface area contributed by atoms with Gasteiger partial charge in [-0.25, -0.2) is 0 Å². The van der Waals surface area contributed by atoms with E-state index in [0.717, 1.165) is 25.6 Å². The Hall–Kier alpha value is 0.584. The lowest BCUT2D eigenvalue weighted by Gasteiger charge is -2.33. The average molecular weight is 311 g/mol. The van der Waals surface area contributed by atoms with Crippen LogP contribution in [0.1, 0.15) is 13.3 Å². The second-order valence-corrected chi connectivity index (χ2v) is 11.7. The molecule has 0 amide bonds. The first kappa shape index (κ1) is 16.6. The van der Waals surface area contributed by atoms with Gasteiger partial charge in [-0.15, -0.1) is 11.2 Å². The molecule has 1 unspecified atom stereocenters. The fourth-order valence-electron chi connectivity index (χ4n) is 2.29. The van der Waals surface area contributed by atoms with Crippen LogP contribution in [0.25, 0.3) is 0 Å². The molecule has 1 heterocycles. The van der Waals surface area contributed by atoms with Crippen LogP contribution in [0.5, 0.6) is 0 Å². The van der Waals surface area contributed by atoms with Crippen LogP contribution in [0.2, 0.25) is 6.04 Å².